The molecule has 0 aliphatic carbocycles. The largest absolute Gasteiger partial charge is 0.478 e. The molecule has 1 rings (SSSR count). The average Bonchev–Trinajstić information content (AvgIpc) is 2.16. The number of thioether (sulfide) groups is 1. The van der Waals surface area contributed by atoms with Gasteiger partial charge in [-0.2, -0.15) is 0 Å². The van der Waals surface area contributed by atoms with Crippen LogP contribution < -0.4 is 0 Å². The summed E-state index contributed by atoms with van der Waals surface area (Å²) in [5.74, 6) is -0.609. The molecule has 0 aromatic heterocycles. The Hall–Kier alpha value is -1.29. The molecular formula is C11H11FO2S. The minimum absolute atomic E-state index is 0.267. The summed E-state index contributed by atoms with van der Waals surface area (Å²) in [4.78, 5) is 11.3. The second kappa shape index (κ2) is 5.56. The number of benzene rings is 1. The lowest BCUT2D eigenvalue weighted by molar-refractivity contribution is -0.131. The fourth-order valence-corrected chi connectivity index (χ4v) is 1.79. The maximum atomic E-state index is 12.6. The van der Waals surface area contributed by atoms with Gasteiger partial charge < -0.3 is 5.11 Å². The Morgan fingerprint density at radius 1 is 1.47 bits per heavy atom. The van der Waals surface area contributed by atoms with E-state index in [9.17, 15) is 9.18 Å². The van der Waals surface area contributed by atoms with Crippen LogP contribution in [0.1, 0.15) is 6.92 Å². The van der Waals surface area contributed by atoms with Crippen molar-refractivity contribution in [2.24, 2.45) is 0 Å². The lowest BCUT2D eigenvalue weighted by Crippen LogP contribution is -1.91. The van der Waals surface area contributed by atoms with Gasteiger partial charge in [0.1, 0.15) is 5.82 Å². The normalized spacial score (nSPS) is 11.5. The molecule has 0 aliphatic rings. The van der Waals surface area contributed by atoms with Gasteiger partial charge in [-0.15, -0.1) is 11.8 Å². The summed E-state index contributed by atoms with van der Waals surface area (Å²) < 4.78 is 12.6. The minimum Gasteiger partial charge on any atom is -0.478 e. The third-order valence-electron chi connectivity index (χ3n) is 1.65. The molecule has 1 aromatic rings. The Labute approximate surface area is 91.8 Å². The summed E-state index contributed by atoms with van der Waals surface area (Å²) in [6, 6.07) is 6.12. The summed E-state index contributed by atoms with van der Waals surface area (Å²) in [5.41, 5.74) is 0.775. The average molecular weight is 226 g/mol. The Balaban J connectivity index is 2.50. The molecule has 2 nitrogen and oxygen atoms in total. The van der Waals surface area contributed by atoms with Crippen molar-refractivity contribution in [1.82, 2.24) is 0 Å². The van der Waals surface area contributed by atoms with Crippen LogP contribution in [-0.2, 0) is 4.79 Å². The van der Waals surface area contributed by atoms with Crippen molar-refractivity contribution in [1.29, 1.82) is 0 Å². The van der Waals surface area contributed by atoms with Crippen LogP contribution in [-0.4, -0.2) is 16.8 Å². The summed E-state index contributed by atoms with van der Waals surface area (Å²) in [5, 5.41) is 8.48. The number of rotatable bonds is 4. The van der Waals surface area contributed by atoms with Gasteiger partial charge in [-0.05, 0) is 31.2 Å². The summed E-state index contributed by atoms with van der Waals surface area (Å²) in [7, 11) is 0. The molecule has 1 N–H and O–H groups in total. The number of carboxylic acids is 1. The first kappa shape index (κ1) is 11.8. The van der Waals surface area contributed by atoms with Crippen LogP contribution in [0.15, 0.2) is 40.8 Å². The first-order valence-corrected chi connectivity index (χ1v) is 5.35. The van der Waals surface area contributed by atoms with E-state index < -0.39 is 5.97 Å². The van der Waals surface area contributed by atoms with Crippen molar-refractivity contribution >= 4 is 17.7 Å². The van der Waals surface area contributed by atoms with Gasteiger partial charge in [0.05, 0.1) is 0 Å². The van der Waals surface area contributed by atoms with E-state index >= 15 is 0 Å². The fraction of sp³-hybridized carbons (Fsp3) is 0.182. The van der Waals surface area contributed by atoms with Crippen molar-refractivity contribution in [3.05, 3.63) is 41.7 Å². The smallest absolute Gasteiger partial charge is 0.328 e. The van der Waals surface area contributed by atoms with Crippen molar-refractivity contribution < 1.29 is 14.3 Å². The van der Waals surface area contributed by atoms with Gasteiger partial charge in [0, 0.05) is 16.7 Å². The van der Waals surface area contributed by atoms with Crippen molar-refractivity contribution in [2.45, 2.75) is 11.8 Å². The third kappa shape index (κ3) is 4.65. The van der Waals surface area contributed by atoms with Gasteiger partial charge in [-0.1, -0.05) is 5.57 Å². The van der Waals surface area contributed by atoms with Crippen molar-refractivity contribution in [3.8, 4) is 0 Å². The molecule has 0 saturated heterocycles. The van der Waals surface area contributed by atoms with Crippen LogP contribution in [0.25, 0.3) is 0 Å². The SMILES string of the molecule is CC(=CC(=O)O)CSc1ccc(F)cc1. The molecule has 15 heavy (non-hydrogen) atoms. The zero-order valence-corrected chi connectivity index (χ0v) is 9.05. The molecule has 0 spiro atoms. The van der Waals surface area contributed by atoms with Gasteiger partial charge in [0.25, 0.3) is 0 Å². The van der Waals surface area contributed by atoms with E-state index in [1.54, 1.807) is 19.1 Å². The second-order valence-corrected chi connectivity index (χ2v) is 4.12. The molecule has 1 aromatic carbocycles. The highest BCUT2D eigenvalue weighted by Gasteiger charge is 1.97. The molecule has 0 radical (unpaired) electrons. The van der Waals surface area contributed by atoms with E-state index in [4.69, 9.17) is 5.11 Å². The molecule has 0 saturated carbocycles. The van der Waals surface area contributed by atoms with Gasteiger partial charge in [0.2, 0.25) is 0 Å². The standard InChI is InChI=1S/C11H11FO2S/c1-8(6-11(13)14)7-15-10-4-2-9(12)3-5-10/h2-6H,7H2,1H3,(H,13,14). The van der Waals surface area contributed by atoms with Crippen LogP contribution in [0.4, 0.5) is 4.39 Å². The molecule has 4 heteroatoms. The monoisotopic (exact) mass is 226 g/mol. The minimum atomic E-state index is -0.938. The summed E-state index contributed by atoms with van der Waals surface area (Å²) in [6.07, 6.45) is 1.18. The van der Waals surface area contributed by atoms with E-state index in [0.29, 0.717) is 5.75 Å². The Bertz CT molecular complexity index is 371. The van der Waals surface area contributed by atoms with Crippen LogP contribution in [0, 0.1) is 5.82 Å². The lowest BCUT2D eigenvalue weighted by atomic mass is 10.3. The van der Waals surface area contributed by atoms with Crippen LogP contribution in [0.3, 0.4) is 0 Å². The Morgan fingerprint density at radius 3 is 2.60 bits per heavy atom. The molecule has 80 valence electrons. The quantitative estimate of drug-likeness (QED) is 0.633. The van der Waals surface area contributed by atoms with Crippen molar-refractivity contribution in [2.75, 3.05) is 5.75 Å². The Kier molecular flexibility index (Phi) is 4.37. The highest BCUT2D eigenvalue weighted by Crippen LogP contribution is 2.20. The van der Waals surface area contributed by atoms with Gasteiger partial charge in [0.15, 0.2) is 0 Å². The van der Waals surface area contributed by atoms with E-state index in [-0.39, 0.29) is 5.82 Å². The first-order valence-electron chi connectivity index (χ1n) is 4.36. The molecule has 0 amide bonds. The molecule has 0 fully saturated rings. The van der Waals surface area contributed by atoms with Crippen LogP contribution >= 0.6 is 11.8 Å². The zero-order chi connectivity index (χ0) is 11.3. The highest BCUT2D eigenvalue weighted by molar-refractivity contribution is 7.99. The number of aliphatic carboxylic acids is 1. The third-order valence-corrected chi connectivity index (χ3v) is 2.86. The lowest BCUT2D eigenvalue weighted by Gasteiger charge is -2.00. The Morgan fingerprint density at radius 2 is 2.07 bits per heavy atom. The molecule has 0 unspecified atom stereocenters. The molecular weight excluding hydrogens is 215 g/mol. The maximum absolute atomic E-state index is 12.6. The number of halogens is 1. The van der Waals surface area contributed by atoms with Crippen molar-refractivity contribution in [3.63, 3.8) is 0 Å². The number of hydrogen-bond donors (Lipinski definition) is 1. The number of carbonyl (C=O) groups is 1. The van der Waals surface area contributed by atoms with E-state index in [1.165, 1.54) is 30.0 Å². The second-order valence-electron chi connectivity index (χ2n) is 3.07. The van der Waals surface area contributed by atoms with E-state index in [1.807, 2.05) is 0 Å². The van der Waals surface area contributed by atoms with E-state index in [0.717, 1.165) is 10.5 Å². The predicted molar refractivity (Wildman–Crippen MR) is 58.5 cm³/mol. The summed E-state index contributed by atoms with van der Waals surface area (Å²) in [6.45, 7) is 1.75. The van der Waals surface area contributed by atoms with Crippen LogP contribution in [0.5, 0.6) is 0 Å². The van der Waals surface area contributed by atoms with Gasteiger partial charge in [-0.25, -0.2) is 9.18 Å². The number of hydrogen-bond acceptors (Lipinski definition) is 2. The first-order chi connectivity index (χ1) is 7.08. The van der Waals surface area contributed by atoms with Gasteiger partial charge >= 0.3 is 5.97 Å². The zero-order valence-electron chi connectivity index (χ0n) is 8.24. The molecule has 0 aliphatic heterocycles. The topological polar surface area (TPSA) is 37.3 Å². The predicted octanol–water partition coefficient (Wildman–Crippen LogP) is 2.95. The molecule has 0 bridgehead atoms. The number of carboxylic acid groups (broad SMARTS) is 1. The van der Waals surface area contributed by atoms with Gasteiger partial charge in [-0.3, -0.25) is 0 Å². The fourth-order valence-electron chi connectivity index (χ4n) is 0.980. The molecule has 0 atom stereocenters. The summed E-state index contributed by atoms with van der Waals surface area (Å²) >= 11 is 1.48. The highest BCUT2D eigenvalue weighted by atomic mass is 32.2. The maximum Gasteiger partial charge on any atom is 0.328 e. The molecule has 0 heterocycles. The van der Waals surface area contributed by atoms with E-state index in [2.05, 4.69) is 0 Å². The van der Waals surface area contributed by atoms with Crippen LogP contribution in [0.2, 0.25) is 0 Å².